The molecule has 1 amide bonds. The Kier molecular flexibility index (Phi) is 7.60. The van der Waals surface area contributed by atoms with Crippen molar-refractivity contribution in [2.45, 2.75) is 6.54 Å². The average Bonchev–Trinajstić information content (AvgIpc) is 2.46. The van der Waals surface area contributed by atoms with E-state index in [1.807, 2.05) is 30.3 Å². The van der Waals surface area contributed by atoms with Crippen LogP contribution in [0.15, 0.2) is 30.3 Å². The largest absolute Gasteiger partial charge is 0.383 e. The van der Waals surface area contributed by atoms with Gasteiger partial charge in [0.15, 0.2) is 5.11 Å². The van der Waals surface area contributed by atoms with E-state index in [0.717, 1.165) is 5.56 Å². The second kappa shape index (κ2) is 9.28. The Morgan fingerprint density at radius 1 is 1.30 bits per heavy atom. The number of carbonyl (C=O) groups excluding carboxylic acids is 1. The molecule has 6 heteroatoms. The van der Waals surface area contributed by atoms with Crippen molar-refractivity contribution in [1.29, 1.82) is 0 Å². The average molecular weight is 295 g/mol. The van der Waals surface area contributed by atoms with E-state index in [4.69, 9.17) is 17.0 Å². The van der Waals surface area contributed by atoms with Crippen LogP contribution in [0.4, 0.5) is 0 Å². The maximum absolute atomic E-state index is 11.6. The molecule has 0 aliphatic rings. The molecular weight excluding hydrogens is 274 g/mol. The predicted octanol–water partition coefficient (Wildman–Crippen LogP) is 0.756. The van der Waals surface area contributed by atoms with Crippen molar-refractivity contribution < 1.29 is 9.53 Å². The number of benzene rings is 1. The van der Waals surface area contributed by atoms with Gasteiger partial charge in [0.25, 0.3) is 0 Å². The third-order valence-corrected chi connectivity index (χ3v) is 3.10. The highest BCUT2D eigenvalue weighted by molar-refractivity contribution is 7.80. The molecule has 0 spiro atoms. The van der Waals surface area contributed by atoms with E-state index >= 15 is 0 Å². The molecule has 1 rings (SSSR count). The SMILES string of the molecule is COCCNC(=O)CN(C)C(=S)NCc1ccccc1. The molecule has 0 aromatic heterocycles. The summed E-state index contributed by atoms with van der Waals surface area (Å²) in [7, 11) is 3.39. The minimum atomic E-state index is -0.0755. The van der Waals surface area contributed by atoms with E-state index < -0.39 is 0 Å². The maximum atomic E-state index is 11.6. The lowest BCUT2D eigenvalue weighted by atomic mass is 10.2. The molecule has 0 atom stereocenters. The van der Waals surface area contributed by atoms with Crippen LogP contribution in [0, 0.1) is 0 Å². The molecule has 20 heavy (non-hydrogen) atoms. The quantitative estimate of drug-likeness (QED) is 0.574. The van der Waals surface area contributed by atoms with Crippen molar-refractivity contribution in [1.82, 2.24) is 15.5 Å². The van der Waals surface area contributed by atoms with Gasteiger partial charge in [0.05, 0.1) is 13.2 Å². The first kappa shape index (κ1) is 16.4. The molecule has 110 valence electrons. The molecule has 0 aliphatic heterocycles. The fraction of sp³-hybridized carbons (Fsp3) is 0.429. The predicted molar refractivity (Wildman–Crippen MR) is 83.4 cm³/mol. The summed E-state index contributed by atoms with van der Waals surface area (Å²) >= 11 is 5.24. The van der Waals surface area contributed by atoms with Crippen LogP contribution in [-0.2, 0) is 16.1 Å². The highest BCUT2D eigenvalue weighted by atomic mass is 32.1. The molecule has 0 saturated heterocycles. The first-order valence-corrected chi connectivity index (χ1v) is 6.83. The Morgan fingerprint density at radius 3 is 2.65 bits per heavy atom. The first-order valence-electron chi connectivity index (χ1n) is 6.42. The number of methoxy groups -OCH3 is 1. The highest BCUT2D eigenvalue weighted by Gasteiger charge is 2.08. The Balaban J connectivity index is 2.26. The summed E-state index contributed by atoms with van der Waals surface area (Å²) in [5.41, 5.74) is 1.15. The van der Waals surface area contributed by atoms with Crippen molar-refractivity contribution in [3.8, 4) is 0 Å². The van der Waals surface area contributed by atoms with Gasteiger partial charge in [-0.25, -0.2) is 0 Å². The van der Waals surface area contributed by atoms with Gasteiger partial charge in [-0.2, -0.15) is 0 Å². The van der Waals surface area contributed by atoms with Gasteiger partial charge in [-0.1, -0.05) is 30.3 Å². The highest BCUT2D eigenvalue weighted by Crippen LogP contribution is 1.97. The zero-order valence-electron chi connectivity index (χ0n) is 11.9. The third kappa shape index (κ3) is 6.49. The monoisotopic (exact) mass is 295 g/mol. The minimum absolute atomic E-state index is 0.0755. The van der Waals surface area contributed by atoms with Crippen molar-refractivity contribution >= 4 is 23.2 Å². The zero-order chi connectivity index (χ0) is 14.8. The number of rotatable bonds is 7. The van der Waals surface area contributed by atoms with E-state index in [-0.39, 0.29) is 12.5 Å². The lowest BCUT2D eigenvalue weighted by molar-refractivity contribution is -0.121. The molecule has 1 aromatic carbocycles. The van der Waals surface area contributed by atoms with E-state index in [1.165, 1.54) is 0 Å². The van der Waals surface area contributed by atoms with Gasteiger partial charge >= 0.3 is 0 Å². The molecular formula is C14H21N3O2S. The van der Waals surface area contributed by atoms with Gasteiger partial charge in [0, 0.05) is 27.2 Å². The molecule has 5 nitrogen and oxygen atoms in total. The van der Waals surface area contributed by atoms with Crippen molar-refractivity contribution in [2.75, 3.05) is 33.9 Å². The van der Waals surface area contributed by atoms with Gasteiger partial charge in [-0.15, -0.1) is 0 Å². The van der Waals surface area contributed by atoms with Gasteiger partial charge < -0.3 is 20.3 Å². The molecule has 0 aliphatic carbocycles. The lowest BCUT2D eigenvalue weighted by Gasteiger charge is -2.20. The molecule has 2 N–H and O–H groups in total. The summed E-state index contributed by atoms with van der Waals surface area (Å²) in [5, 5.41) is 6.43. The minimum Gasteiger partial charge on any atom is -0.383 e. The van der Waals surface area contributed by atoms with Crippen molar-refractivity contribution in [3.63, 3.8) is 0 Å². The first-order chi connectivity index (χ1) is 9.63. The molecule has 0 fully saturated rings. The Labute approximate surface area is 125 Å². The number of thiocarbonyl (C=S) groups is 1. The van der Waals surface area contributed by atoms with Crippen molar-refractivity contribution in [3.05, 3.63) is 35.9 Å². The van der Waals surface area contributed by atoms with Crippen LogP contribution in [-0.4, -0.2) is 49.8 Å². The summed E-state index contributed by atoms with van der Waals surface area (Å²) < 4.78 is 4.87. The number of hydrogen-bond donors (Lipinski definition) is 2. The molecule has 0 radical (unpaired) electrons. The van der Waals surface area contributed by atoms with Crippen LogP contribution in [0.3, 0.4) is 0 Å². The third-order valence-electron chi connectivity index (χ3n) is 2.64. The smallest absolute Gasteiger partial charge is 0.239 e. The zero-order valence-corrected chi connectivity index (χ0v) is 12.7. The van der Waals surface area contributed by atoms with Crippen LogP contribution in [0.1, 0.15) is 5.56 Å². The normalized spacial score (nSPS) is 9.90. The standard InChI is InChI=1S/C14H21N3O2S/c1-17(11-13(18)15-8-9-19-2)14(20)16-10-12-6-4-3-5-7-12/h3-7H,8-11H2,1-2H3,(H,15,18)(H,16,20). The maximum Gasteiger partial charge on any atom is 0.239 e. The molecule has 1 aromatic rings. The van der Waals surface area contributed by atoms with E-state index in [9.17, 15) is 4.79 Å². The Hall–Kier alpha value is -1.66. The Morgan fingerprint density at radius 2 is 2.00 bits per heavy atom. The van der Waals surface area contributed by atoms with Gasteiger partial charge in [-0.05, 0) is 17.8 Å². The van der Waals surface area contributed by atoms with Crippen LogP contribution < -0.4 is 10.6 Å². The number of hydrogen-bond acceptors (Lipinski definition) is 3. The fourth-order valence-electron chi connectivity index (χ4n) is 1.54. The van der Waals surface area contributed by atoms with E-state index in [2.05, 4.69) is 10.6 Å². The lowest BCUT2D eigenvalue weighted by Crippen LogP contribution is -2.43. The van der Waals surface area contributed by atoms with Crippen LogP contribution in [0.5, 0.6) is 0 Å². The summed E-state index contributed by atoms with van der Waals surface area (Å²) in [6.07, 6.45) is 0. The topological polar surface area (TPSA) is 53.6 Å². The fourth-order valence-corrected chi connectivity index (χ4v) is 1.68. The molecule has 0 heterocycles. The number of amides is 1. The van der Waals surface area contributed by atoms with Crippen LogP contribution in [0.25, 0.3) is 0 Å². The van der Waals surface area contributed by atoms with Gasteiger partial charge in [0.2, 0.25) is 5.91 Å². The van der Waals surface area contributed by atoms with Gasteiger partial charge in [-0.3, -0.25) is 4.79 Å². The summed E-state index contributed by atoms with van der Waals surface area (Å²) in [4.78, 5) is 13.3. The van der Waals surface area contributed by atoms with Crippen molar-refractivity contribution in [2.24, 2.45) is 0 Å². The number of nitrogens with zero attached hydrogens (tertiary/aromatic N) is 1. The van der Waals surface area contributed by atoms with Crippen LogP contribution in [0.2, 0.25) is 0 Å². The molecule has 0 saturated carbocycles. The summed E-state index contributed by atoms with van der Waals surface area (Å²) in [5.74, 6) is -0.0755. The second-order valence-electron chi connectivity index (χ2n) is 4.34. The number of likely N-dealkylation sites (N-methyl/N-ethyl adjacent to an activating group) is 1. The number of nitrogens with one attached hydrogen (secondary N) is 2. The van der Waals surface area contributed by atoms with E-state index in [1.54, 1.807) is 19.1 Å². The second-order valence-corrected chi connectivity index (χ2v) is 4.73. The molecule has 0 unspecified atom stereocenters. The summed E-state index contributed by atoms with van der Waals surface area (Å²) in [6, 6.07) is 9.97. The Bertz CT molecular complexity index is 426. The summed E-state index contributed by atoms with van der Waals surface area (Å²) in [6.45, 7) is 1.89. The number of ether oxygens (including phenoxy) is 1. The van der Waals surface area contributed by atoms with Crippen LogP contribution >= 0.6 is 12.2 Å². The van der Waals surface area contributed by atoms with E-state index in [0.29, 0.717) is 24.8 Å². The number of carbonyl (C=O) groups is 1. The van der Waals surface area contributed by atoms with Gasteiger partial charge in [0.1, 0.15) is 0 Å². The molecule has 0 bridgehead atoms.